The van der Waals surface area contributed by atoms with Crippen molar-refractivity contribution in [2.24, 2.45) is 5.92 Å². The second-order valence-electron chi connectivity index (χ2n) is 8.70. The maximum atomic E-state index is 12.0. The second kappa shape index (κ2) is 11.2. The second-order valence-corrected chi connectivity index (χ2v) is 8.70. The first-order valence-electron chi connectivity index (χ1n) is 11.3. The molecule has 4 aliphatic rings. The normalized spacial score (nSPS) is 45.0. The fourth-order valence-electron chi connectivity index (χ4n) is 4.46. The van der Waals surface area contributed by atoms with Crippen molar-refractivity contribution >= 4 is 5.97 Å². The van der Waals surface area contributed by atoms with Crippen LogP contribution < -0.4 is 0 Å². The SMILES string of the molecule is C=C[C@@H]1C2=CCOC(=O)C2=CO[C@H]1O[C@@H]1O[C@H](CO)[C@@H](O)[C@H](O[C@@H]2O[C@H](CO)[C@@H](O)[C@H](O)[C@H]2O)[C@H]1O. The molecule has 4 aliphatic heterocycles. The molecule has 4 heterocycles. The van der Waals surface area contributed by atoms with Crippen LogP contribution in [0.1, 0.15) is 0 Å². The number of hydrogen-bond acceptors (Lipinski definition) is 14. The van der Waals surface area contributed by atoms with Gasteiger partial charge >= 0.3 is 5.97 Å². The molecule has 0 amide bonds. The van der Waals surface area contributed by atoms with E-state index < -0.39 is 92.8 Å². The van der Waals surface area contributed by atoms with Gasteiger partial charge in [-0.05, 0) is 11.6 Å². The van der Waals surface area contributed by atoms with Crippen LogP contribution in [0.2, 0.25) is 0 Å². The third kappa shape index (κ3) is 4.94. The summed E-state index contributed by atoms with van der Waals surface area (Å²) in [5.41, 5.74) is 0.722. The molecule has 7 N–H and O–H groups in total. The topological polar surface area (TPSA) is 214 Å². The third-order valence-corrected chi connectivity index (χ3v) is 6.50. The van der Waals surface area contributed by atoms with Crippen LogP contribution in [0.5, 0.6) is 0 Å². The smallest absolute Gasteiger partial charge is 0.341 e. The molecular weight excluding hydrogens is 488 g/mol. The molecule has 202 valence electrons. The van der Waals surface area contributed by atoms with Gasteiger partial charge in [0.15, 0.2) is 12.6 Å². The first-order chi connectivity index (χ1) is 17.2. The molecule has 2 fully saturated rings. The fraction of sp³-hybridized carbons (Fsp3) is 0.682. The van der Waals surface area contributed by atoms with E-state index in [0.717, 1.165) is 6.26 Å². The number of aliphatic hydroxyl groups is 7. The summed E-state index contributed by atoms with van der Waals surface area (Å²) in [6, 6.07) is 0. The quantitative estimate of drug-likeness (QED) is 0.127. The Hall–Kier alpha value is -1.95. The molecule has 14 heteroatoms. The Labute approximate surface area is 205 Å². The van der Waals surface area contributed by atoms with Crippen LogP contribution in [-0.4, -0.2) is 129 Å². The van der Waals surface area contributed by atoms with Crippen LogP contribution in [0.25, 0.3) is 0 Å². The van der Waals surface area contributed by atoms with Crippen molar-refractivity contribution in [3.63, 3.8) is 0 Å². The van der Waals surface area contributed by atoms with Crippen molar-refractivity contribution in [2.45, 2.75) is 67.7 Å². The number of fused-ring (bicyclic) bond motifs is 1. The van der Waals surface area contributed by atoms with Crippen LogP contribution in [-0.2, 0) is 33.2 Å². The van der Waals surface area contributed by atoms with Gasteiger partial charge in [0.25, 0.3) is 0 Å². The van der Waals surface area contributed by atoms with Gasteiger partial charge in [-0.2, -0.15) is 0 Å². The number of cyclic esters (lactones) is 1. The molecule has 0 spiro atoms. The number of ether oxygens (including phenoxy) is 6. The molecule has 0 aromatic rings. The van der Waals surface area contributed by atoms with E-state index in [2.05, 4.69) is 6.58 Å². The lowest BCUT2D eigenvalue weighted by molar-refractivity contribution is -0.373. The van der Waals surface area contributed by atoms with E-state index in [0.29, 0.717) is 5.57 Å². The minimum absolute atomic E-state index is 0.0406. The van der Waals surface area contributed by atoms with Crippen LogP contribution in [0.4, 0.5) is 0 Å². The lowest BCUT2D eigenvalue weighted by atomic mass is 9.89. The van der Waals surface area contributed by atoms with Gasteiger partial charge in [0, 0.05) is 0 Å². The van der Waals surface area contributed by atoms with Gasteiger partial charge in [0.1, 0.15) is 61.7 Å². The van der Waals surface area contributed by atoms with E-state index in [9.17, 15) is 40.5 Å². The minimum Gasteiger partial charge on any atom is -0.471 e. The highest BCUT2D eigenvalue weighted by molar-refractivity contribution is 5.94. The molecule has 0 aliphatic carbocycles. The van der Waals surface area contributed by atoms with Crippen molar-refractivity contribution < 1.29 is 69.0 Å². The fourth-order valence-corrected chi connectivity index (χ4v) is 4.46. The molecular formula is C22H30O14. The maximum Gasteiger partial charge on any atom is 0.341 e. The summed E-state index contributed by atoms with van der Waals surface area (Å²) in [5, 5.41) is 70.9. The molecule has 14 nitrogen and oxygen atoms in total. The Kier molecular flexibility index (Phi) is 8.43. The Morgan fingerprint density at radius 2 is 1.53 bits per heavy atom. The minimum atomic E-state index is -1.80. The maximum absolute atomic E-state index is 12.0. The van der Waals surface area contributed by atoms with E-state index in [1.807, 2.05) is 0 Å². The van der Waals surface area contributed by atoms with Crippen molar-refractivity contribution in [2.75, 3.05) is 19.8 Å². The monoisotopic (exact) mass is 518 g/mol. The standard InChI is InChI=1S/C22H30O14/c1-2-8-9-3-4-31-19(30)10(9)7-32-20(8)36-22-17(29)18(14(26)12(6-24)34-22)35-21-16(28)15(27)13(25)11(5-23)33-21/h2-3,7-8,11-18,20-29H,1,4-6H2/t8-,11-,12-,13-,14-,15+,16-,17-,18+,20+,21+,22+/m1/s1. The van der Waals surface area contributed by atoms with Gasteiger partial charge in [-0.1, -0.05) is 6.08 Å². The van der Waals surface area contributed by atoms with Crippen molar-refractivity contribution in [3.05, 3.63) is 36.1 Å². The predicted molar refractivity (Wildman–Crippen MR) is 113 cm³/mol. The van der Waals surface area contributed by atoms with Gasteiger partial charge in [0.2, 0.25) is 6.29 Å². The molecule has 2 saturated heterocycles. The highest BCUT2D eigenvalue weighted by atomic mass is 16.8. The molecule has 36 heavy (non-hydrogen) atoms. The molecule has 0 unspecified atom stereocenters. The Morgan fingerprint density at radius 1 is 0.889 bits per heavy atom. The summed E-state index contributed by atoms with van der Waals surface area (Å²) in [7, 11) is 0. The Balaban J connectivity index is 1.52. The first-order valence-corrected chi connectivity index (χ1v) is 11.3. The Morgan fingerprint density at radius 3 is 2.17 bits per heavy atom. The zero-order chi connectivity index (χ0) is 26.1. The van der Waals surface area contributed by atoms with Crippen molar-refractivity contribution in [3.8, 4) is 0 Å². The summed E-state index contributed by atoms with van der Waals surface area (Å²) < 4.78 is 32.6. The number of hydrogen-bond donors (Lipinski definition) is 7. The highest BCUT2D eigenvalue weighted by Crippen LogP contribution is 2.36. The van der Waals surface area contributed by atoms with Crippen LogP contribution in [0, 0.1) is 5.92 Å². The van der Waals surface area contributed by atoms with Gasteiger partial charge in [-0.15, -0.1) is 6.58 Å². The summed E-state index contributed by atoms with van der Waals surface area (Å²) >= 11 is 0. The Bertz CT molecular complexity index is 873. The van der Waals surface area contributed by atoms with Crippen molar-refractivity contribution in [1.29, 1.82) is 0 Å². The number of esters is 1. The molecule has 0 aromatic heterocycles. The van der Waals surface area contributed by atoms with Gasteiger partial charge in [-0.3, -0.25) is 0 Å². The van der Waals surface area contributed by atoms with Crippen LogP contribution in [0.3, 0.4) is 0 Å². The van der Waals surface area contributed by atoms with E-state index in [1.165, 1.54) is 6.08 Å². The van der Waals surface area contributed by atoms with Crippen molar-refractivity contribution in [1.82, 2.24) is 0 Å². The zero-order valence-electron chi connectivity index (χ0n) is 19.0. The average molecular weight is 518 g/mol. The zero-order valence-corrected chi connectivity index (χ0v) is 19.0. The lowest BCUT2D eigenvalue weighted by Crippen LogP contribution is -2.65. The predicted octanol–water partition coefficient (Wildman–Crippen LogP) is -3.85. The molecule has 0 aromatic carbocycles. The van der Waals surface area contributed by atoms with Crippen LogP contribution in [0.15, 0.2) is 36.1 Å². The number of aliphatic hydroxyl groups excluding tert-OH is 7. The van der Waals surface area contributed by atoms with E-state index in [1.54, 1.807) is 6.08 Å². The molecule has 4 rings (SSSR count). The molecule has 12 atom stereocenters. The summed E-state index contributed by atoms with van der Waals surface area (Å²) in [6.07, 6.45) is -12.8. The molecule has 0 saturated carbocycles. The largest absolute Gasteiger partial charge is 0.471 e. The van der Waals surface area contributed by atoms with Crippen LogP contribution >= 0.6 is 0 Å². The average Bonchev–Trinajstić information content (AvgIpc) is 2.88. The highest BCUT2D eigenvalue weighted by Gasteiger charge is 2.52. The molecule has 0 bridgehead atoms. The summed E-state index contributed by atoms with van der Waals surface area (Å²) in [6.45, 7) is 2.36. The summed E-state index contributed by atoms with van der Waals surface area (Å²) in [5.74, 6) is -1.25. The van der Waals surface area contributed by atoms with Gasteiger partial charge in [-0.25, -0.2) is 4.79 Å². The van der Waals surface area contributed by atoms with E-state index in [4.69, 9.17) is 28.4 Å². The van der Waals surface area contributed by atoms with E-state index in [-0.39, 0.29) is 12.2 Å². The molecule has 0 radical (unpaired) electrons. The first kappa shape index (κ1) is 27.1. The number of rotatable bonds is 7. The van der Waals surface area contributed by atoms with E-state index >= 15 is 0 Å². The van der Waals surface area contributed by atoms with Gasteiger partial charge < -0.3 is 64.2 Å². The number of carbonyl (C=O) groups is 1. The van der Waals surface area contributed by atoms with Gasteiger partial charge in [0.05, 0.1) is 24.7 Å². The third-order valence-electron chi connectivity index (χ3n) is 6.50. The lowest BCUT2D eigenvalue weighted by Gasteiger charge is -2.46. The number of carbonyl (C=O) groups excluding carboxylic acids is 1. The summed E-state index contributed by atoms with van der Waals surface area (Å²) in [4.78, 5) is 12.0.